The number of nitrogens with zero attached hydrogens (tertiary/aromatic N) is 2. The van der Waals surface area contributed by atoms with Gasteiger partial charge in [-0.2, -0.15) is 5.10 Å². The SMILES string of the molecule is CCC(N)Cc1c(C)nn(C2CCCC(CC)C2)c1C. The van der Waals surface area contributed by atoms with E-state index in [-0.39, 0.29) is 6.04 Å². The normalized spacial score (nSPS) is 24.9. The van der Waals surface area contributed by atoms with Crippen molar-refractivity contribution in [1.29, 1.82) is 0 Å². The summed E-state index contributed by atoms with van der Waals surface area (Å²) in [5.41, 5.74) is 10.1. The van der Waals surface area contributed by atoms with Gasteiger partial charge in [-0.25, -0.2) is 0 Å². The van der Waals surface area contributed by atoms with Crippen LogP contribution in [0.25, 0.3) is 0 Å². The fourth-order valence-electron chi connectivity index (χ4n) is 3.61. The number of hydrogen-bond donors (Lipinski definition) is 1. The molecule has 0 spiro atoms. The first kappa shape index (κ1) is 15.6. The quantitative estimate of drug-likeness (QED) is 0.886. The molecular weight excluding hydrogens is 246 g/mol. The molecule has 1 aliphatic rings. The first-order valence-electron chi connectivity index (χ1n) is 8.36. The van der Waals surface area contributed by atoms with Crippen LogP contribution in [-0.2, 0) is 6.42 Å². The first-order chi connectivity index (χ1) is 9.56. The maximum atomic E-state index is 6.14. The molecule has 0 radical (unpaired) electrons. The largest absolute Gasteiger partial charge is 0.327 e. The Morgan fingerprint density at radius 1 is 1.30 bits per heavy atom. The molecule has 0 aliphatic heterocycles. The van der Waals surface area contributed by atoms with Gasteiger partial charge in [0.25, 0.3) is 0 Å². The van der Waals surface area contributed by atoms with Gasteiger partial charge in [0, 0.05) is 11.7 Å². The van der Waals surface area contributed by atoms with Crippen molar-refractivity contribution in [3.8, 4) is 0 Å². The number of hydrogen-bond acceptors (Lipinski definition) is 2. The number of aromatic nitrogens is 2. The summed E-state index contributed by atoms with van der Waals surface area (Å²) < 4.78 is 2.31. The zero-order valence-electron chi connectivity index (χ0n) is 13.7. The molecular formula is C17H31N3. The van der Waals surface area contributed by atoms with Crippen LogP contribution < -0.4 is 5.73 Å². The summed E-state index contributed by atoms with van der Waals surface area (Å²) in [4.78, 5) is 0. The molecule has 3 unspecified atom stereocenters. The van der Waals surface area contributed by atoms with Gasteiger partial charge in [-0.15, -0.1) is 0 Å². The van der Waals surface area contributed by atoms with Gasteiger partial charge >= 0.3 is 0 Å². The Hall–Kier alpha value is -0.830. The zero-order valence-corrected chi connectivity index (χ0v) is 13.7. The second-order valence-electron chi connectivity index (χ2n) is 6.56. The lowest BCUT2D eigenvalue weighted by Crippen LogP contribution is -2.23. The van der Waals surface area contributed by atoms with E-state index in [1.165, 1.54) is 49.1 Å². The van der Waals surface area contributed by atoms with Crippen LogP contribution in [0, 0.1) is 19.8 Å². The average molecular weight is 277 g/mol. The summed E-state index contributed by atoms with van der Waals surface area (Å²) in [7, 11) is 0. The molecule has 1 saturated carbocycles. The summed E-state index contributed by atoms with van der Waals surface area (Å²) in [6.07, 6.45) is 8.66. The molecule has 2 N–H and O–H groups in total. The second-order valence-corrected chi connectivity index (χ2v) is 6.56. The molecule has 3 atom stereocenters. The van der Waals surface area contributed by atoms with Crippen LogP contribution in [0.2, 0.25) is 0 Å². The number of aryl methyl sites for hydroxylation is 1. The lowest BCUT2D eigenvalue weighted by atomic mass is 9.84. The van der Waals surface area contributed by atoms with Crippen molar-refractivity contribution in [2.75, 3.05) is 0 Å². The smallest absolute Gasteiger partial charge is 0.0629 e. The van der Waals surface area contributed by atoms with E-state index >= 15 is 0 Å². The highest BCUT2D eigenvalue weighted by atomic mass is 15.3. The van der Waals surface area contributed by atoms with Crippen molar-refractivity contribution in [3.63, 3.8) is 0 Å². The van der Waals surface area contributed by atoms with Gasteiger partial charge in [-0.05, 0) is 51.0 Å². The van der Waals surface area contributed by atoms with Gasteiger partial charge in [0.1, 0.15) is 0 Å². The fourth-order valence-corrected chi connectivity index (χ4v) is 3.61. The Labute approximate surface area is 123 Å². The Morgan fingerprint density at radius 2 is 2.05 bits per heavy atom. The molecule has 0 amide bonds. The van der Waals surface area contributed by atoms with E-state index in [2.05, 4.69) is 32.4 Å². The first-order valence-corrected chi connectivity index (χ1v) is 8.36. The summed E-state index contributed by atoms with van der Waals surface area (Å²) in [6, 6.07) is 0.874. The van der Waals surface area contributed by atoms with E-state index < -0.39 is 0 Å². The van der Waals surface area contributed by atoms with Crippen LogP contribution in [0.1, 0.15) is 75.4 Å². The van der Waals surface area contributed by atoms with Gasteiger partial charge in [-0.3, -0.25) is 4.68 Å². The molecule has 114 valence electrons. The Morgan fingerprint density at radius 3 is 2.70 bits per heavy atom. The topological polar surface area (TPSA) is 43.8 Å². The van der Waals surface area contributed by atoms with Crippen LogP contribution in [0.5, 0.6) is 0 Å². The predicted molar refractivity (Wildman–Crippen MR) is 85.0 cm³/mol. The van der Waals surface area contributed by atoms with Crippen molar-refractivity contribution in [2.45, 2.75) is 84.7 Å². The molecule has 1 heterocycles. The van der Waals surface area contributed by atoms with Crippen LogP contribution in [0.3, 0.4) is 0 Å². The van der Waals surface area contributed by atoms with Crippen LogP contribution in [-0.4, -0.2) is 15.8 Å². The molecule has 1 fully saturated rings. The van der Waals surface area contributed by atoms with Crippen molar-refractivity contribution in [1.82, 2.24) is 9.78 Å². The third-order valence-corrected chi connectivity index (χ3v) is 5.14. The summed E-state index contributed by atoms with van der Waals surface area (Å²) in [6.45, 7) is 8.85. The number of rotatable bonds is 5. The number of nitrogens with two attached hydrogens (primary N) is 1. The highest BCUT2D eigenvalue weighted by Gasteiger charge is 2.25. The second kappa shape index (κ2) is 6.75. The van der Waals surface area contributed by atoms with Crippen LogP contribution >= 0.6 is 0 Å². The van der Waals surface area contributed by atoms with Crippen molar-refractivity contribution < 1.29 is 0 Å². The van der Waals surface area contributed by atoms with E-state index in [1.807, 2.05) is 0 Å². The summed E-state index contributed by atoms with van der Waals surface area (Å²) >= 11 is 0. The molecule has 3 heteroatoms. The average Bonchev–Trinajstić information content (AvgIpc) is 2.75. The van der Waals surface area contributed by atoms with Gasteiger partial charge in [-0.1, -0.05) is 33.1 Å². The molecule has 1 aromatic rings. The monoisotopic (exact) mass is 277 g/mol. The Bertz CT molecular complexity index is 436. The van der Waals surface area contributed by atoms with E-state index in [9.17, 15) is 0 Å². The fraction of sp³-hybridized carbons (Fsp3) is 0.824. The molecule has 1 aliphatic carbocycles. The molecule has 0 aromatic carbocycles. The van der Waals surface area contributed by atoms with E-state index in [1.54, 1.807) is 0 Å². The lowest BCUT2D eigenvalue weighted by molar-refractivity contribution is 0.244. The zero-order chi connectivity index (χ0) is 14.7. The summed E-state index contributed by atoms with van der Waals surface area (Å²) in [5.74, 6) is 0.888. The third-order valence-electron chi connectivity index (χ3n) is 5.14. The molecule has 3 nitrogen and oxygen atoms in total. The lowest BCUT2D eigenvalue weighted by Gasteiger charge is -2.29. The highest BCUT2D eigenvalue weighted by molar-refractivity contribution is 5.26. The van der Waals surface area contributed by atoms with Gasteiger partial charge < -0.3 is 5.73 Å². The molecule has 20 heavy (non-hydrogen) atoms. The van der Waals surface area contributed by atoms with E-state index in [0.29, 0.717) is 6.04 Å². The Kier molecular flexibility index (Phi) is 5.25. The van der Waals surface area contributed by atoms with Crippen molar-refractivity contribution in [3.05, 3.63) is 17.0 Å². The van der Waals surface area contributed by atoms with E-state index in [0.717, 1.165) is 18.8 Å². The van der Waals surface area contributed by atoms with Crippen LogP contribution in [0.15, 0.2) is 0 Å². The molecule has 0 bridgehead atoms. The van der Waals surface area contributed by atoms with Crippen molar-refractivity contribution in [2.24, 2.45) is 11.7 Å². The standard InChI is InChI=1S/C17H31N3/c1-5-14-8-7-9-16(10-14)20-13(4)17(12(3)19-20)11-15(18)6-2/h14-16H,5-11,18H2,1-4H3. The predicted octanol–water partition coefficient (Wildman–Crippen LogP) is 3.92. The van der Waals surface area contributed by atoms with Crippen molar-refractivity contribution >= 4 is 0 Å². The minimum absolute atomic E-state index is 0.264. The maximum absolute atomic E-state index is 6.14. The maximum Gasteiger partial charge on any atom is 0.0629 e. The third kappa shape index (κ3) is 3.25. The van der Waals surface area contributed by atoms with Gasteiger partial charge in [0.05, 0.1) is 11.7 Å². The van der Waals surface area contributed by atoms with Crippen LogP contribution in [0.4, 0.5) is 0 Å². The minimum Gasteiger partial charge on any atom is -0.327 e. The molecule has 2 rings (SSSR count). The molecule has 0 saturated heterocycles. The Balaban J connectivity index is 2.18. The highest BCUT2D eigenvalue weighted by Crippen LogP contribution is 2.35. The van der Waals surface area contributed by atoms with Gasteiger partial charge in [0.15, 0.2) is 0 Å². The minimum atomic E-state index is 0.264. The summed E-state index contributed by atoms with van der Waals surface area (Å²) in [5, 5.41) is 4.85. The molecule has 1 aromatic heterocycles. The van der Waals surface area contributed by atoms with Gasteiger partial charge in [0.2, 0.25) is 0 Å². The van der Waals surface area contributed by atoms with E-state index in [4.69, 9.17) is 10.8 Å².